The second-order valence-electron chi connectivity index (χ2n) is 9.75. The molecule has 0 fully saturated rings. The molecule has 132 valence electrons. The summed E-state index contributed by atoms with van der Waals surface area (Å²) in [7, 11) is 0. The number of hydrogen-bond acceptors (Lipinski definition) is 2. The molecule has 0 N–H and O–H groups in total. The summed E-state index contributed by atoms with van der Waals surface area (Å²) in [6.45, 7) is 20.5. The van der Waals surface area contributed by atoms with Crippen LogP contribution in [0.4, 0.5) is 0 Å². The van der Waals surface area contributed by atoms with E-state index < -0.39 is 0 Å². The Morgan fingerprint density at radius 2 is 1.41 bits per heavy atom. The van der Waals surface area contributed by atoms with Crippen LogP contribution in [0, 0.1) is 28.6 Å². The molecule has 0 radical (unpaired) electrons. The topological polar surface area (TPSA) is 26.3 Å². The van der Waals surface area contributed by atoms with Gasteiger partial charge in [0.25, 0.3) is 0 Å². The highest BCUT2D eigenvalue weighted by Crippen LogP contribution is 2.33. The molecular formula is C20H40O2. The van der Waals surface area contributed by atoms with E-state index in [-0.39, 0.29) is 5.97 Å². The fourth-order valence-corrected chi connectivity index (χ4v) is 3.54. The van der Waals surface area contributed by atoms with Gasteiger partial charge in [0.1, 0.15) is 0 Å². The van der Waals surface area contributed by atoms with Crippen molar-refractivity contribution < 1.29 is 9.53 Å². The van der Waals surface area contributed by atoms with Crippen LogP contribution >= 0.6 is 0 Å². The summed E-state index contributed by atoms with van der Waals surface area (Å²) < 4.78 is 5.33. The first kappa shape index (κ1) is 21.5. The highest BCUT2D eigenvalue weighted by atomic mass is 16.5. The van der Waals surface area contributed by atoms with E-state index in [0.29, 0.717) is 29.3 Å². The summed E-state index contributed by atoms with van der Waals surface area (Å²) >= 11 is 0. The zero-order valence-electron chi connectivity index (χ0n) is 16.6. The van der Waals surface area contributed by atoms with Gasteiger partial charge in [-0.2, -0.15) is 0 Å². The summed E-state index contributed by atoms with van der Waals surface area (Å²) in [5.74, 6) is 1.63. The van der Waals surface area contributed by atoms with Gasteiger partial charge >= 0.3 is 5.97 Å². The normalized spacial score (nSPS) is 17.0. The van der Waals surface area contributed by atoms with E-state index in [1.165, 1.54) is 26.2 Å². The van der Waals surface area contributed by atoms with Gasteiger partial charge in [-0.15, -0.1) is 0 Å². The Balaban J connectivity index is 4.55. The lowest BCUT2D eigenvalue weighted by Crippen LogP contribution is -2.24. The minimum atomic E-state index is -0.157. The van der Waals surface area contributed by atoms with Crippen LogP contribution in [0.1, 0.15) is 88.0 Å². The van der Waals surface area contributed by atoms with E-state index in [4.69, 9.17) is 4.74 Å². The molecule has 3 atom stereocenters. The van der Waals surface area contributed by atoms with Crippen molar-refractivity contribution in [2.24, 2.45) is 28.6 Å². The first-order chi connectivity index (χ1) is 9.80. The third kappa shape index (κ3) is 12.1. The van der Waals surface area contributed by atoms with Crippen LogP contribution in [0.2, 0.25) is 0 Å². The molecule has 0 amide bonds. The lowest BCUT2D eigenvalue weighted by Gasteiger charge is -2.31. The number of esters is 1. The average molecular weight is 313 g/mol. The van der Waals surface area contributed by atoms with E-state index in [1.807, 2.05) is 0 Å². The quantitative estimate of drug-likeness (QED) is 0.507. The van der Waals surface area contributed by atoms with E-state index in [2.05, 4.69) is 55.4 Å². The molecule has 0 saturated carbocycles. The molecule has 0 spiro atoms. The third-order valence-electron chi connectivity index (χ3n) is 4.23. The molecule has 0 aromatic rings. The van der Waals surface area contributed by atoms with E-state index in [9.17, 15) is 4.79 Å². The van der Waals surface area contributed by atoms with Gasteiger partial charge in [0, 0.05) is 6.92 Å². The van der Waals surface area contributed by atoms with Crippen LogP contribution in [-0.2, 0) is 9.53 Å². The molecule has 2 heteroatoms. The molecule has 2 nitrogen and oxygen atoms in total. The van der Waals surface area contributed by atoms with E-state index >= 15 is 0 Å². The molecule has 0 heterocycles. The molecule has 0 bridgehead atoms. The van der Waals surface area contributed by atoms with Gasteiger partial charge in [0.05, 0.1) is 6.61 Å². The molecule has 0 aliphatic carbocycles. The van der Waals surface area contributed by atoms with Crippen molar-refractivity contribution in [2.75, 3.05) is 6.61 Å². The maximum absolute atomic E-state index is 11.2. The molecular weight excluding hydrogens is 272 g/mol. The van der Waals surface area contributed by atoms with Crippen LogP contribution < -0.4 is 0 Å². The summed E-state index contributed by atoms with van der Waals surface area (Å²) in [6.07, 6.45) is 4.80. The number of carbonyl (C=O) groups is 1. The van der Waals surface area contributed by atoms with Gasteiger partial charge in [0.2, 0.25) is 0 Å². The van der Waals surface area contributed by atoms with Gasteiger partial charge in [-0.05, 0) is 47.8 Å². The van der Waals surface area contributed by atoms with Gasteiger partial charge in [-0.25, -0.2) is 0 Å². The fraction of sp³-hybridized carbons (Fsp3) is 0.950. The molecule has 0 aliphatic heterocycles. The van der Waals surface area contributed by atoms with Crippen molar-refractivity contribution in [1.29, 1.82) is 0 Å². The number of carbonyl (C=O) groups excluding carboxylic acids is 1. The van der Waals surface area contributed by atoms with E-state index in [1.54, 1.807) is 0 Å². The fourth-order valence-electron chi connectivity index (χ4n) is 3.54. The minimum Gasteiger partial charge on any atom is -0.466 e. The standard InChI is InChI=1S/C20H40O2/c1-15(12-19(4,5)6)10-11-18(14-22-17(3)21)16(2)13-20(7,8)9/h15-16,18H,10-14H2,1-9H3. The van der Waals surface area contributed by atoms with Crippen LogP contribution in [-0.4, -0.2) is 12.6 Å². The summed E-state index contributed by atoms with van der Waals surface area (Å²) in [5, 5.41) is 0. The highest BCUT2D eigenvalue weighted by molar-refractivity contribution is 5.65. The Bertz CT molecular complexity index is 320. The molecule has 0 aromatic carbocycles. The van der Waals surface area contributed by atoms with Crippen molar-refractivity contribution >= 4 is 5.97 Å². The van der Waals surface area contributed by atoms with Gasteiger partial charge < -0.3 is 4.74 Å². The zero-order chi connectivity index (χ0) is 17.6. The highest BCUT2D eigenvalue weighted by Gasteiger charge is 2.25. The van der Waals surface area contributed by atoms with Crippen molar-refractivity contribution in [3.63, 3.8) is 0 Å². The zero-order valence-corrected chi connectivity index (χ0v) is 16.6. The molecule has 0 saturated heterocycles. The molecule has 0 aliphatic rings. The number of hydrogen-bond donors (Lipinski definition) is 0. The second kappa shape index (κ2) is 8.93. The van der Waals surface area contributed by atoms with Crippen LogP contribution in [0.3, 0.4) is 0 Å². The van der Waals surface area contributed by atoms with Gasteiger partial charge in [-0.1, -0.05) is 61.8 Å². The molecule has 0 rings (SSSR count). The lowest BCUT2D eigenvalue weighted by atomic mass is 9.76. The predicted octanol–water partition coefficient (Wildman–Crippen LogP) is 6.09. The summed E-state index contributed by atoms with van der Waals surface area (Å²) in [5.41, 5.74) is 0.715. The van der Waals surface area contributed by atoms with Crippen molar-refractivity contribution in [2.45, 2.75) is 88.0 Å². The number of ether oxygens (including phenoxy) is 1. The third-order valence-corrected chi connectivity index (χ3v) is 4.23. The van der Waals surface area contributed by atoms with Crippen molar-refractivity contribution in [1.82, 2.24) is 0 Å². The SMILES string of the molecule is CC(=O)OCC(CCC(C)CC(C)(C)C)C(C)CC(C)(C)C. The maximum atomic E-state index is 11.2. The Kier molecular flexibility index (Phi) is 8.72. The van der Waals surface area contributed by atoms with Gasteiger partial charge in [0.15, 0.2) is 0 Å². The Labute approximate surface area is 139 Å². The van der Waals surface area contributed by atoms with Crippen LogP contribution in [0.15, 0.2) is 0 Å². The summed E-state index contributed by atoms with van der Waals surface area (Å²) in [4.78, 5) is 11.2. The first-order valence-corrected chi connectivity index (χ1v) is 8.93. The van der Waals surface area contributed by atoms with Gasteiger partial charge in [-0.3, -0.25) is 4.79 Å². The smallest absolute Gasteiger partial charge is 0.302 e. The van der Waals surface area contributed by atoms with Crippen LogP contribution in [0.5, 0.6) is 0 Å². The minimum absolute atomic E-state index is 0.157. The largest absolute Gasteiger partial charge is 0.466 e. The molecule has 0 aromatic heterocycles. The molecule has 22 heavy (non-hydrogen) atoms. The Morgan fingerprint density at radius 3 is 1.82 bits per heavy atom. The van der Waals surface area contributed by atoms with Crippen molar-refractivity contribution in [3.8, 4) is 0 Å². The average Bonchev–Trinajstić information content (AvgIpc) is 2.23. The summed E-state index contributed by atoms with van der Waals surface area (Å²) in [6, 6.07) is 0. The predicted molar refractivity (Wildman–Crippen MR) is 95.8 cm³/mol. The first-order valence-electron chi connectivity index (χ1n) is 8.93. The monoisotopic (exact) mass is 312 g/mol. The Hall–Kier alpha value is -0.530. The maximum Gasteiger partial charge on any atom is 0.302 e. The number of rotatable bonds is 8. The second-order valence-corrected chi connectivity index (χ2v) is 9.75. The lowest BCUT2D eigenvalue weighted by molar-refractivity contribution is -0.143. The van der Waals surface area contributed by atoms with Crippen LogP contribution in [0.25, 0.3) is 0 Å². The molecule has 3 unspecified atom stereocenters. The Morgan fingerprint density at radius 1 is 0.909 bits per heavy atom. The van der Waals surface area contributed by atoms with E-state index in [0.717, 1.165) is 12.3 Å². The van der Waals surface area contributed by atoms with Crippen molar-refractivity contribution in [3.05, 3.63) is 0 Å².